The van der Waals surface area contributed by atoms with Gasteiger partial charge in [-0.1, -0.05) is 0 Å². The summed E-state index contributed by atoms with van der Waals surface area (Å²) in [6.07, 6.45) is 1.30. The van der Waals surface area contributed by atoms with Gasteiger partial charge < -0.3 is 14.6 Å². The van der Waals surface area contributed by atoms with Crippen LogP contribution in [0.25, 0.3) is 0 Å². The van der Waals surface area contributed by atoms with E-state index < -0.39 is 4.92 Å². The molecule has 0 radical (unpaired) electrons. The van der Waals surface area contributed by atoms with E-state index in [4.69, 9.17) is 5.11 Å². The molecule has 0 aliphatic heterocycles. The number of carbonyl (C=O) groups excluding carboxylic acids is 1. The van der Waals surface area contributed by atoms with E-state index >= 15 is 0 Å². The van der Waals surface area contributed by atoms with Gasteiger partial charge in [0.2, 0.25) is 0 Å². The van der Waals surface area contributed by atoms with Crippen LogP contribution in [0.2, 0.25) is 0 Å². The maximum atomic E-state index is 12.2. The topological polar surface area (TPSA) is 88.6 Å². The fraction of sp³-hybridized carbons (Fsp3) is 0.545. The van der Waals surface area contributed by atoms with Crippen molar-refractivity contribution in [1.29, 1.82) is 0 Å². The van der Waals surface area contributed by atoms with E-state index in [0.717, 1.165) is 0 Å². The van der Waals surface area contributed by atoms with Crippen LogP contribution >= 0.6 is 0 Å². The molecule has 0 spiro atoms. The molecular weight excluding hydrogens is 238 g/mol. The number of nitro groups is 1. The van der Waals surface area contributed by atoms with E-state index in [1.807, 2.05) is 13.8 Å². The Bertz CT molecular complexity index is 453. The van der Waals surface area contributed by atoms with E-state index in [0.29, 0.717) is 0 Å². The molecule has 100 valence electrons. The van der Waals surface area contributed by atoms with Crippen molar-refractivity contribution < 1.29 is 14.8 Å². The number of aryl methyl sites for hydroxylation is 1. The average molecular weight is 255 g/mol. The van der Waals surface area contributed by atoms with Crippen LogP contribution in [0.1, 0.15) is 24.3 Å². The zero-order valence-corrected chi connectivity index (χ0v) is 10.7. The summed E-state index contributed by atoms with van der Waals surface area (Å²) in [6, 6.07) is 1.16. The number of hydrogen-bond acceptors (Lipinski definition) is 4. The maximum absolute atomic E-state index is 12.2. The third-order valence-corrected chi connectivity index (χ3v) is 2.65. The molecule has 7 nitrogen and oxygen atoms in total. The molecule has 0 aliphatic carbocycles. The van der Waals surface area contributed by atoms with Gasteiger partial charge in [-0.3, -0.25) is 14.9 Å². The molecule has 0 unspecified atom stereocenters. The minimum Gasteiger partial charge on any atom is -0.395 e. The van der Waals surface area contributed by atoms with E-state index in [1.165, 1.54) is 21.7 Å². The molecule has 1 rings (SSSR count). The van der Waals surface area contributed by atoms with Gasteiger partial charge in [-0.2, -0.15) is 0 Å². The molecular formula is C11H17N3O4. The number of aromatic nitrogens is 1. The summed E-state index contributed by atoms with van der Waals surface area (Å²) in [5.41, 5.74) is 0.123. The van der Waals surface area contributed by atoms with Crippen molar-refractivity contribution in [2.75, 3.05) is 13.2 Å². The van der Waals surface area contributed by atoms with Crippen molar-refractivity contribution in [1.82, 2.24) is 9.47 Å². The third kappa shape index (κ3) is 2.86. The number of hydrogen-bond donors (Lipinski definition) is 1. The molecule has 0 fully saturated rings. The molecule has 0 saturated carbocycles. The Balaban J connectivity index is 3.05. The summed E-state index contributed by atoms with van der Waals surface area (Å²) in [5, 5.41) is 19.6. The Kier molecular flexibility index (Phi) is 4.43. The SMILES string of the molecule is CC(C)N(CCO)C(=O)c1cc([N+](=O)[O-])cn1C. The quantitative estimate of drug-likeness (QED) is 0.622. The molecule has 18 heavy (non-hydrogen) atoms. The molecule has 1 heterocycles. The number of amides is 1. The van der Waals surface area contributed by atoms with Crippen molar-refractivity contribution >= 4 is 11.6 Å². The summed E-state index contributed by atoms with van der Waals surface area (Å²) < 4.78 is 1.42. The second kappa shape index (κ2) is 5.63. The van der Waals surface area contributed by atoms with Crippen molar-refractivity contribution in [3.63, 3.8) is 0 Å². The minimum atomic E-state index is -0.539. The van der Waals surface area contributed by atoms with Crippen LogP contribution in [0.3, 0.4) is 0 Å². The molecule has 1 amide bonds. The molecule has 0 aliphatic rings. The van der Waals surface area contributed by atoms with Gasteiger partial charge in [0.15, 0.2) is 0 Å². The fourth-order valence-electron chi connectivity index (χ4n) is 1.71. The van der Waals surface area contributed by atoms with Gasteiger partial charge in [-0.15, -0.1) is 0 Å². The van der Waals surface area contributed by atoms with Crippen LogP contribution in [0.4, 0.5) is 5.69 Å². The summed E-state index contributed by atoms with van der Waals surface area (Å²) in [6.45, 7) is 3.71. The van der Waals surface area contributed by atoms with Crippen LogP contribution in [0, 0.1) is 10.1 Å². The number of aliphatic hydroxyl groups is 1. The second-order valence-electron chi connectivity index (χ2n) is 4.27. The Morgan fingerprint density at radius 1 is 1.61 bits per heavy atom. The first-order valence-corrected chi connectivity index (χ1v) is 5.61. The lowest BCUT2D eigenvalue weighted by Gasteiger charge is -2.25. The Labute approximate surface area is 105 Å². The highest BCUT2D eigenvalue weighted by Crippen LogP contribution is 2.17. The molecule has 0 bridgehead atoms. The van der Waals surface area contributed by atoms with E-state index in [9.17, 15) is 14.9 Å². The molecule has 0 saturated heterocycles. The zero-order chi connectivity index (χ0) is 13.9. The van der Waals surface area contributed by atoms with Crippen LogP contribution < -0.4 is 0 Å². The first kappa shape index (κ1) is 14.2. The monoisotopic (exact) mass is 255 g/mol. The first-order valence-electron chi connectivity index (χ1n) is 5.61. The van der Waals surface area contributed by atoms with E-state index in [2.05, 4.69) is 0 Å². The molecule has 1 N–H and O–H groups in total. The van der Waals surface area contributed by atoms with Gasteiger partial charge in [0.25, 0.3) is 11.6 Å². The number of rotatable bonds is 5. The maximum Gasteiger partial charge on any atom is 0.287 e. The molecule has 7 heteroatoms. The normalized spacial score (nSPS) is 10.7. The van der Waals surface area contributed by atoms with Crippen LogP contribution in [0.15, 0.2) is 12.3 Å². The average Bonchev–Trinajstić information content (AvgIpc) is 2.67. The predicted octanol–water partition coefficient (Wildman–Crippen LogP) is 0.776. The summed E-state index contributed by atoms with van der Waals surface area (Å²) >= 11 is 0. The highest BCUT2D eigenvalue weighted by atomic mass is 16.6. The van der Waals surface area contributed by atoms with Crippen LogP contribution in [-0.4, -0.2) is 44.6 Å². The zero-order valence-electron chi connectivity index (χ0n) is 10.7. The van der Waals surface area contributed by atoms with Gasteiger partial charge in [-0.25, -0.2) is 0 Å². The minimum absolute atomic E-state index is 0.0846. The predicted molar refractivity (Wildman–Crippen MR) is 65.3 cm³/mol. The van der Waals surface area contributed by atoms with E-state index in [1.54, 1.807) is 7.05 Å². The third-order valence-electron chi connectivity index (χ3n) is 2.65. The molecule has 0 atom stereocenters. The molecule has 1 aromatic heterocycles. The van der Waals surface area contributed by atoms with Crippen molar-refractivity contribution in [3.8, 4) is 0 Å². The van der Waals surface area contributed by atoms with Gasteiger partial charge in [-0.05, 0) is 13.8 Å². The lowest BCUT2D eigenvalue weighted by Crippen LogP contribution is -2.39. The highest BCUT2D eigenvalue weighted by molar-refractivity contribution is 5.93. The smallest absolute Gasteiger partial charge is 0.287 e. The second-order valence-corrected chi connectivity index (χ2v) is 4.27. The lowest BCUT2D eigenvalue weighted by atomic mass is 10.2. The summed E-state index contributed by atoms with van der Waals surface area (Å²) in [4.78, 5) is 23.8. The van der Waals surface area contributed by atoms with Gasteiger partial charge in [0.05, 0.1) is 17.7 Å². The number of carbonyl (C=O) groups is 1. The Morgan fingerprint density at radius 3 is 2.61 bits per heavy atom. The van der Waals surface area contributed by atoms with Crippen LogP contribution in [-0.2, 0) is 7.05 Å². The van der Waals surface area contributed by atoms with Crippen molar-refractivity contribution in [2.45, 2.75) is 19.9 Å². The number of nitrogens with zero attached hydrogens (tertiary/aromatic N) is 3. The first-order chi connectivity index (χ1) is 8.38. The van der Waals surface area contributed by atoms with Crippen molar-refractivity contribution in [3.05, 3.63) is 28.1 Å². The van der Waals surface area contributed by atoms with Gasteiger partial charge >= 0.3 is 0 Å². The van der Waals surface area contributed by atoms with Crippen molar-refractivity contribution in [2.24, 2.45) is 7.05 Å². The van der Waals surface area contributed by atoms with Crippen LogP contribution in [0.5, 0.6) is 0 Å². The van der Waals surface area contributed by atoms with Gasteiger partial charge in [0, 0.05) is 25.7 Å². The standard InChI is InChI=1S/C11H17N3O4/c1-8(2)13(4-5-15)11(16)10-6-9(14(17)18)7-12(10)3/h6-8,15H,4-5H2,1-3H3. The fourth-order valence-corrected chi connectivity index (χ4v) is 1.71. The summed E-state index contributed by atoms with van der Waals surface area (Å²) in [5.74, 6) is -0.324. The molecule has 1 aromatic rings. The molecule has 0 aromatic carbocycles. The Hall–Kier alpha value is -1.89. The summed E-state index contributed by atoms with van der Waals surface area (Å²) in [7, 11) is 1.58. The van der Waals surface area contributed by atoms with Gasteiger partial charge in [0.1, 0.15) is 5.69 Å². The number of aliphatic hydroxyl groups excluding tert-OH is 1. The van der Waals surface area contributed by atoms with E-state index in [-0.39, 0.29) is 36.5 Å². The lowest BCUT2D eigenvalue weighted by molar-refractivity contribution is -0.384. The Morgan fingerprint density at radius 2 is 2.22 bits per heavy atom. The largest absolute Gasteiger partial charge is 0.395 e. The highest BCUT2D eigenvalue weighted by Gasteiger charge is 2.23.